The van der Waals surface area contributed by atoms with Gasteiger partial charge in [0, 0.05) is 75.1 Å². The highest BCUT2D eigenvalue weighted by Gasteiger charge is 2.24. The Hall–Kier alpha value is -3.94. The van der Waals surface area contributed by atoms with Crippen molar-refractivity contribution in [3.8, 4) is 5.69 Å². The number of piperazine rings is 1. The third kappa shape index (κ3) is 6.38. The maximum absolute atomic E-state index is 12.9. The molecule has 3 aromatic carbocycles. The lowest BCUT2D eigenvalue weighted by molar-refractivity contribution is 0.0773. The molecule has 1 amide bonds. The predicted molar refractivity (Wildman–Crippen MR) is 157 cm³/mol. The maximum atomic E-state index is 12.9. The zero-order valence-corrected chi connectivity index (χ0v) is 22.9. The molecule has 1 aliphatic rings. The fraction of sp³-hybridized carbons (Fsp3) is 0.312. The molecule has 1 aromatic heterocycles. The molecule has 4 aromatic rings. The first-order valence-corrected chi connectivity index (χ1v) is 13.9. The number of benzene rings is 3. The lowest BCUT2D eigenvalue weighted by Gasteiger charge is -2.36. The van der Waals surface area contributed by atoms with Crippen LogP contribution in [0, 0.1) is 0 Å². The van der Waals surface area contributed by atoms with Crippen molar-refractivity contribution in [2.75, 3.05) is 44.6 Å². The Morgan fingerprint density at radius 1 is 0.974 bits per heavy atom. The number of amides is 1. The lowest BCUT2D eigenvalue weighted by atomic mass is 9.95. The SMILES string of the molecule is CCN(CC)C(=O)c1ccc(C(c2cccc(NCc3ccc(-n4ccnc4)cc3)c2)N2CCNCC2)cc1. The van der Waals surface area contributed by atoms with E-state index >= 15 is 0 Å². The summed E-state index contributed by atoms with van der Waals surface area (Å²) in [6.07, 6.45) is 5.55. The van der Waals surface area contributed by atoms with E-state index in [-0.39, 0.29) is 11.9 Å². The number of hydrogen-bond donors (Lipinski definition) is 2. The van der Waals surface area contributed by atoms with Crippen molar-refractivity contribution in [3.05, 3.63) is 114 Å². The molecule has 0 radical (unpaired) electrons. The largest absolute Gasteiger partial charge is 0.381 e. The molecule has 7 heteroatoms. The number of rotatable bonds is 10. The van der Waals surface area contributed by atoms with Crippen molar-refractivity contribution in [2.24, 2.45) is 0 Å². The second-order valence-electron chi connectivity index (χ2n) is 9.90. The Morgan fingerprint density at radius 3 is 2.38 bits per heavy atom. The van der Waals surface area contributed by atoms with Crippen molar-refractivity contribution in [3.63, 3.8) is 0 Å². The van der Waals surface area contributed by atoms with Gasteiger partial charge in [0.2, 0.25) is 0 Å². The molecule has 2 N–H and O–H groups in total. The topological polar surface area (TPSA) is 65.4 Å². The first kappa shape index (κ1) is 26.7. The van der Waals surface area contributed by atoms with E-state index < -0.39 is 0 Å². The van der Waals surface area contributed by atoms with E-state index in [0.717, 1.165) is 62.8 Å². The minimum absolute atomic E-state index is 0.0922. The molecule has 1 atom stereocenters. The maximum Gasteiger partial charge on any atom is 0.253 e. The summed E-state index contributed by atoms with van der Waals surface area (Å²) >= 11 is 0. The molecule has 0 aliphatic carbocycles. The molecule has 5 rings (SSSR count). The number of aromatic nitrogens is 2. The van der Waals surface area contributed by atoms with Crippen LogP contribution in [0.2, 0.25) is 0 Å². The van der Waals surface area contributed by atoms with Gasteiger partial charge in [-0.05, 0) is 66.9 Å². The Labute approximate surface area is 231 Å². The minimum Gasteiger partial charge on any atom is -0.381 e. The van der Waals surface area contributed by atoms with Crippen LogP contribution < -0.4 is 10.6 Å². The fourth-order valence-electron chi connectivity index (χ4n) is 5.28. The summed E-state index contributed by atoms with van der Waals surface area (Å²) in [4.78, 5) is 21.4. The molecular weight excluding hydrogens is 484 g/mol. The molecule has 0 bridgehead atoms. The fourth-order valence-corrected chi connectivity index (χ4v) is 5.28. The van der Waals surface area contributed by atoms with Crippen molar-refractivity contribution >= 4 is 11.6 Å². The van der Waals surface area contributed by atoms with E-state index in [1.807, 2.05) is 48.0 Å². The van der Waals surface area contributed by atoms with Gasteiger partial charge in [0.25, 0.3) is 5.91 Å². The summed E-state index contributed by atoms with van der Waals surface area (Å²) in [7, 11) is 0. The van der Waals surface area contributed by atoms with Gasteiger partial charge < -0.3 is 20.1 Å². The molecule has 39 heavy (non-hydrogen) atoms. The summed E-state index contributed by atoms with van der Waals surface area (Å²) < 4.78 is 2.00. The van der Waals surface area contributed by atoms with E-state index in [4.69, 9.17) is 0 Å². The molecule has 1 aliphatic heterocycles. The number of hydrogen-bond acceptors (Lipinski definition) is 5. The first-order chi connectivity index (χ1) is 19.2. The standard InChI is InChI=1S/C32H38N6O/c1-3-36(4-2)32(39)27-12-10-26(11-13-27)31(37-19-16-33-17-20-37)28-6-5-7-29(22-28)35-23-25-8-14-30(15-9-25)38-21-18-34-24-38/h5-15,18,21-22,24,31,33,35H,3-4,16-17,19-20,23H2,1-2H3. The molecule has 202 valence electrons. The number of carbonyl (C=O) groups excluding carboxylic acids is 1. The molecule has 1 fully saturated rings. The molecular formula is C32H38N6O. The highest BCUT2D eigenvalue weighted by atomic mass is 16.2. The van der Waals surface area contributed by atoms with Crippen LogP contribution in [-0.2, 0) is 6.54 Å². The number of nitrogens with zero attached hydrogens (tertiary/aromatic N) is 4. The Kier molecular flexibility index (Phi) is 8.71. The van der Waals surface area contributed by atoms with Crippen molar-refractivity contribution in [1.82, 2.24) is 24.7 Å². The van der Waals surface area contributed by atoms with Crippen molar-refractivity contribution in [1.29, 1.82) is 0 Å². The Morgan fingerprint density at radius 2 is 1.72 bits per heavy atom. The van der Waals surface area contributed by atoms with Crippen molar-refractivity contribution in [2.45, 2.75) is 26.4 Å². The Bertz CT molecular complexity index is 1320. The van der Waals surface area contributed by atoms with E-state index in [9.17, 15) is 4.79 Å². The van der Waals surface area contributed by atoms with E-state index in [1.54, 1.807) is 6.20 Å². The molecule has 0 spiro atoms. The highest BCUT2D eigenvalue weighted by Crippen LogP contribution is 2.31. The normalized spacial score (nSPS) is 14.6. The second-order valence-corrected chi connectivity index (χ2v) is 9.90. The van der Waals surface area contributed by atoms with Gasteiger partial charge in [-0.1, -0.05) is 36.4 Å². The van der Waals surface area contributed by atoms with Crippen LogP contribution in [0.4, 0.5) is 5.69 Å². The molecule has 0 saturated carbocycles. The van der Waals surface area contributed by atoms with Crippen LogP contribution in [0.15, 0.2) is 91.5 Å². The summed E-state index contributed by atoms with van der Waals surface area (Å²) in [5.41, 5.74) is 6.62. The van der Waals surface area contributed by atoms with Gasteiger partial charge in [0.15, 0.2) is 0 Å². The number of imidazole rings is 1. The highest BCUT2D eigenvalue weighted by molar-refractivity contribution is 5.94. The third-order valence-electron chi connectivity index (χ3n) is 7.48. The second kappa shape index (κ2) is 12.7. The van der Waals surface area contributed by atoms with Crippen LogP contribution in [0.5, 0.6) is 0 Å². The van der Waals surface area contributed by atoms with Crippen LogP contribution >= 0.6 is 0 Å². The zero-order chi connectivity index (χ0) is 27.0. The average Bonchev–Trinajstić information content (AvgIpc) is 3.54. The summed E-state index contributed by atoms with van der Waals surface area (Å²) in [6, 6.07) is 25.6. The summed E-state index contributed by atoms with van der Waals surface area (Å²) in [6.45, 7) is 10.1. The minimum atomic E-state index is 0.0922. The van der Waals surface area contributed by atoms with Gasteiger partial charge in [-0.2, -0.15) is 0 Å². The number of carbonyl (C=O) groups is 1. The third-order valence-corrected chi connectivity index (χ3v) is 7.48. The Balaban J connectivity index is 1.34. The van der Waals surface area contributed by atoms with E-state index in [0.29, 0.717) is 0 Å². The monoisotopic (exact) mass is 522 g/mol. The zero-order valence-electron chi connectivity index (χ0n) is 22.9. The molecule has 1 saturated heterocycles. The van der Waals surface area contributed by atoms with Gasteiger partial charge in [-0.15, -0.1) is 0 Å². The first-order valence-electron chi connectivity index (χ1n) is 13.9. The summed E-state index contributed by atoms with van der Waals surface area (Å²) in [5.74, 6) is 0.0922. The molecule has 1 unspecified atom stereocenters. The van der Waals surface area contributed by atoms with E-state index in [1.165, 1.54) is 16.7 Å². The molecule has 7 nitrogen and oxygen atoms in total. The lowest BCUT2D eigenvalue weighted by Crippen LogP contribution is -2.45. The van der Waals surface area contributed by atoms with Gasteiger partial charge in [-0.25, -0.2) is 4.98 Å². The molecule has 2 heterocycles. The summed E-state index contributed by atoms with van der Waals surface area (Å²) in [5, 5.41) is 7.09. The van der Waals surface area contributed by atoms with E-state index in [2.05, 4.69) is 81.2 Å². The van der Waals surface area contributed by atoms with Crippen LogP contribution in [-0.4, -0.2) is 64.5 Å². The average molecular weight is 523 g/mol. The number of anilines is 1. The van der Waals surface area contributed by atoms with Gasteiger partial charge in [-0.3, -0.25) is 9.69 Å². The number of nitrogens with one attached hydrogen (secondary N) is 2. The van der Waals surface area contributed by atoms with Crippen LogP contribution in [0.25, 0.3) is 5.69 Å². The van der Waals surface area contributed by atoms with Crippen LogP contribution in [0.3, 0.4) is 0 Å². The van der Waals surface area contributed by atoms with Gasteiger partial charge >= 0.3 is 0 Å². The predicted octanol–water partition coefficient (Wildman–Crippen LogP) is 4.96. The smallest absolute Gasteiger partial charge is 0.253 e. The van der Waals surface area contributed by atoms with Gasteiger partial charge in [0.1, 0.15) is 0 Å². The quantitative estimate of drug-likeness (QED) is 0.308. The van der Waals surface area contributed by atoms with Crippen molar-refractivity contribution < 1.29 is 4.79 Å². The van der Waals surface area contributed by atoms with Gasteiger partial charge in [0.05, 0.1) is 12.4 Å². The van der Waals surface area contributed by atoms with Crippen LogP contribution in [0.1, 0.15) is 46.9 Å².